The summed E-state index contributed by atoms with van der Waals surface area (Å²) >= 11 is 0. The molecule has 4 heterocycles. The van der Waals surface area contributed by atoms with Crippen LogP contribution in [0.3, 0.4) is 0 Å². The molecule has 0 saturated carbocycles. The van der Waals surface area contributed by atoms with E-state index in [0.29, 0.717) is 16.8 Å². The molecule has 1 aliphatic rings. The van der Waals surface area contributed by atoms with Gasteiger partial charge >= 0.3 is 0 Å². The molecule has 3 aromatic rings. The van der Waals surface area contributed by atoms with Crippen molar-refractivity contribution in [1.82, 2.24) is 9.97 Å². The lowest BCUT2D eigenvalue weighted by Gasteiger charge is -2.33. The predicted octanol–water partition coefficient (Wildman–Crippen LogP) is 2.94. The van der Waals surface area contributed by atoms with Crippen molar-refractivity contribution in [3.63, 3.8) is 0 Å². The van der Waals surface area contributed by atoms with Gasteiger partial charge in [-0.3, -0.25) is 14.8 Å². The number of fused-ring (bicyclic) bond motifs is 1. The van der Waals surface area contributed by atoms with Crippen molar-refractivity contribution < 1.29 is 9.21 Å². The van der Waals surface area contributed by atoms with Crippen molar-refractivity contribution in [2.45, 2.75) is 38.6 Å². The molecule has 0 aromatic carbocycles. The molecule has 0 radical (unpaired) electrons. The van der Waals surface area contributed by atoms with E-state index in [1.54, 1.807) is 18.6 Å². The number of amides is 1. The molecule has 0 bridgehead atoms. The van der Waals surface area contributed by atoms with E-state index >= 15 is 0 Å². The number of hydrogen-bond donors (Lipinski definition) is 3. The number of carbonyl (C=O) groups is 1. The van der Waals surface area contributed by atoms with E-state index in [4.69, 9.17) is 15.9 Å². The summed E-state index contributed by atoms with van der Waals surface area (Å²) in [6, 6.07) is 3.90. The first-order valence-corrected chi connectivity index (χ1v) is 9.99. The standard InChI is InChI=1S/C21H26N6O2/c1-2-4-13-9-17-19(25-10-13)18(20(23)29-17)21(28)26-15-11-24-7-6-16(15)27-8-3-5-14(22)12-27/h6-7,9-11,14H,2-5,8,12,22-23H2,1H3,(H,26,28)/t14-/m0/s1. The molecule has 0 unspecified atom stereocenters. The Morgan fingerprint density at radius 1 is 1.41 bits per heavy atom. The number of nitrogens with one attached hydrogen (secondary N) is 1. The van der Waals surface area contributed by atoms with Gasteiger partial charge in [0.1, 0.15) is 11.1 Å². The lowest BCUT2D eigenvalue weighted by Crippen LogP contribution is -2.43. The summed E-state index contributed by atoms with van der Waals surface area (Å²) in [7, 11) is 0. The summed E-state index contributed by atoms with van der Waals surface area (Å²) in [5.74, 6) is -0.309. The van der Waals surface area contributed by atoms with Gasteiger partial charge in [-0.05, 0) is 37.0 Å². The molecule has 0 aliphatic carbocycles. The number of hydrogen-bond acceptors (Lipinski definition) is 7. The minimum Gasteiger partial charge on any atom is -0.438 e. The van der Waals surface area contributed by atoms with Gasteiger partial charge in [0, 0.05) is 31.5 Å². The first-order valence-electron chi connectivity index (χ1n) is 9.99. The van der Waals surface area contributed by atoms with Crippen LogP contribution in [0.2, 0.25) is 0 Å². The predicted molar refractivity (Wildman–Crippen MR) is 114 cm³/mol. The molecule has 4 rings (SSSR count). The lowest BCUT2D eigenvalue weighted by molar-refractivity contribution is 0.102. The second-order valence-corrected chi connectivity index (χ2v) is 7.48. The fourth-order valence-electron chi connectivity index (χ4n) is 3.85. The highest BCUT2D eigenvalue weighted by Gasteiger charge is 2.24. The summed E-state index contributed by atoms with van der Waals surface area (Å²) in [6.07, 6.45) is 9.03. The third-order valence-corrected chi connectivity index (χ3v) is 5.22. The van der Waals surface area contributed by atoms with Crippen molar-refractivity contribution in [1.29, 1.82) is 0 Å². The molecule has 0 spiro atoms. The van der Waals surface area contributed by atoms with Crippen LogP contribution < -0.4 is 21.7 Å². The Balaban J connectivity index is 1.63. The van der Waals surface area contributed by atoms with Crippen molar-refractivity contribution >= 4 is 34.3 Å². The Morgan fingerprint density at radius 3 is 3.07 bits per heavy atom. The van der Waals surface area contributed by atoms with Crippen molar-refractivity contribution in [2.24, 2.45) is 5.73 Å². The van der Waals surface area contributed by atoms with Crippen LogP contribution in [0.4, 0.5) is 17.3 Å². The van der Waals surface area contributed by atoms with E-state index < -0.39 is 0 Å². The Bertz CT molecular complexity index is 1030. The van der Waals surface area contributed by atoms with Crippen LogP contribution in [-0.2, 0) is 6.42 Å². The maximum absolute atomic E-state index is 13.1. The molecule has 5 N–H and O–H groups in total. The van der Waals surface area contributed by atoms with Gasteiger partial charge in [-0.25, -0.2) is 0 Å². The van der Waals surface area contributed by atoms with Gasteiger partial charge in [-0.1, -0.05) is 13.3 Å². The maximum Gasteiger partial charge on any atom is 0.263 e. The summed E-state index contributed by atoms with van der Waals surface area (Å²) in [5.41, 5.74) is 15.9. The van der Waals surface area contributed by atoms with Gasteiger partial charge in [0.15, 0.2) is 5.58 Å². The van der Waals surface area contributed by atoms with Crippen LogP contribution in [0.25, 0.3) is 11.1 Å². The fourth-order valence-corrected chi connectivity index (χ4v) is 3.85. The number of aromatic nitrogens is 2. The average molecular weight is 394 g/mol. The highest BCUT2D eigenvalue weighted by Crippen LogP contribution is 2.31. The largest absolute Gasteiger partial charge is 0.438 e. The molecule has 1 amide bonds. The minimum absolute atomic E-state index is 0.0593. The fraction of sp³-hybridized carbons (Fsp3) is 0.381. The molecule has 29 heavy (non-hydrogen) atoms. The van der Waals surface area contributed by atoms with Gasteiger partial charge in [0.05, 0.1) is 17.6 Å². The van der Waals surface area contributed by atoms with E-state index in [0.717, 1.165) is 50.0 Å². The normalized spacial score (nSPS) is 16.9. The van der Waals surface area contributed by atoms with Gasteiger partial charge < -0.3 is 26.1 Å². The molecule has 1 aliphatic heterocycles. The topological polar surface area (TPSA) is 123 Å². The van der Waals surface area contributed by atoms with E-state index in [1.165, 1.54) is 0 Å². The van der Waals surface area contributed by atoms with Crippen molar-refractivity contribution in [2.75, 3.05) is 29.0 Å². The highest BCUT2D eigenvalue weighted by molar-refractivity contribution is 6.15. The molecule has 8 nitrogen and oxygen atoms in total. The van der Waals surface area contributed by atoms with Gasteiger partial charge in [-0.2, -0.15) is 0 Å². The van der Waals surface area contributed by atoms with Crippen LogP contribution in [0.15, 0.2) is 35.1 Å². The Kier molecular flexibility index (Phi) is 5.35. The van der Waals surface area contributed by atoms with Gasteiger partial charge in [0.2, 0.25) is 5.88 Å². The summed E-state index contributed by atoms with van der Waals surface area (Å²) in [6.45, 7) is 3.73. The van der Waals surface area contributed by atoms with E-state index in [9.17, 15) is 4.79 Å². The number of rotatable bonds is 5. The van der Waals surface area contributed by atoms with Crippen LogP contribution in [0.5, 0.6) is 0 Å². The van der Waals surface area contributed by atoms with Crippen LogP contribution in [0.1, 0.15) is 42.1 Å². The first kappa shape index (κ1) is 19.2. The summed E-state index contributed by atoms with van der Waals surface area (Å²) in [4.78, 5) is 23.8. The number of carbonyl (C=O) groups excluding carboxylic acids is 1. The van der Waals surface area contributed by atoms with Gasteiger partial charge in [-0.15, -0.1) is 0 Å². The van der Waals surface area contributed by atoms with E-state index in [2.05, 4.69) is 27.1 Å². The Labute approximate surface area is 169 Å². The zero-order chi connectivity index (χ0) is 20.4. The number of nitrogens with two attached hydrogens (primary N) is 2. The molecule has 1 fully saturated rings. The lowest BCUT2D eigenvalue weighted by atomic mass is 10.1. The van der Waals surface area contributed by atoms with Gasteiger partial charge in [0.25, 0.3) is 5.91 Å². The third-order valence-electron chi connectivity index (χ3n) is 5.22. The quantitative estimate of drug-likeness (QED) is 0.608. The number of pyridine rings is 2. The van der Waals surface area contributed by atoms with Crippen LogP contribution in [-0.4, -0.2) is 35.0 Å². The Hall–Kier alpha value is -3.13. The number of nitrogen functional groups attached to an aromatic ring is 1. The molecule has 3 aromatic heterocycles. The second-order valence-electron chi connectivity index (χ2n) is 7.48. The molecule has 1 saturated heterocycles. The maximum atomic E-state index is 13.1. The number of aryl methyl sites for hydroxylation is 1. The molecular weight excluding hydrogens is 368 g/mol. The molecule has 152 valence electrons. The summed E-state index contributed by atoms with van der Waals surface area (Å²) in [5, 5.41) is 2.93. The number of furan rings is 1. The molecule has 8 heteroatoms. The van der Waals surface area contributed by atoms with Crippen LogP contribution >= 0.6 is 0 Å². The van der Waals surface area contributed by atoms with Crippen molar-refractivity contribution in [3.8, 4) is 0 Å². The number of nitrogens with zero attached hydrogens (tertiary/aromatic N) is 3. The number of piperidine rings is 1. The average Bonchev–Trinajstić information content (AvgIpc) is 3.03. The zero-order valence-corrected chi connectivity index (χ0v) is 16.5. The minimum atomic E-state index is -0.368. The Morgan fingerprint density at radius 2 is 2.28 bits per heavy atom. The van der Waals surface area contributed by atoms with Crippen LogP contribution in [0, 0.1) is 0 Å². The molecule has 1 atom stereocenters. The van der Waals surface area contributed by atoms with E-state index in [-0.39, 0.29) is 23.4 Å². The SMILES string of the molecule is CCCc1cnc2c(C(=O)Nc3cnccc3N3CCC[C@H](N)C3)c(N)oc2c1. The first-order chi connectivity index (χ1) is 14.1. The third kappa shape index (κ3) is 3.88. The second kappa shape index (κ2) is 8.08. The zero-order valence-electron chi connectivity index (χ0n) is 16.5. The highest BCUT2D eigenvalue weighted by atomic mass is 16.3. The van der Waals surface area contributed by atoms with Crippen molar-refractivity contribution in [3.05, 3.63) is 41.9 Å². The summed E-state index contributed by atoms with van der Waals surface area (Å²) < 4.78 is 5.62. The smallest absolute Gasteiger partial charge is 0.263 e. The monoisotopic (exact) mass is 394 g/mol. The number of anilines is 3. The molecular formula is C21H26N6O2. The van der Waals surface area contributed by atoms with E-state index in [1.807, 2.05) is 12.1 Å².